The summed E-state index contributed by atoms with van der Waals surface area (Å²) < 4.78 is 72.2. The van der Waals surface area contributed by atoms with Gasteiger partial charge in [-0.2, -0.15) is 0 Å². The fourth-order valence-electron chi connectivity index (χ4n) is 11.9. The van der Waals surface area contributed by atoms with E-state index in [-0.39, 0.29) is 90.4 Å². The Morgan fingerprint density at radius 1 is 0.699 bits per heavy atom. The maximum Gasteiger partial charge on any atom is 0.306 e. The molecule has 26 nitrogen and oxygen atoms in total. The van der Waals surface area contributed by atoms with Crippen LogP contribution in [0.1, 0.15) is 122 Å². The fraction of sp³-hybridized carbons (Fsp3) is 0.754. The SMILES string of the molecule is CO[C@H](C(=O)[C@@H](O)[C@@H](C)OC(=O)CCC(C)=O)[C@@H]1Cc2cc3cc(O[C@H]4C[C@@H](O[C@H]5C[C@@H](O)[C@H](O)C(C)O5)[C@H](O)C(C)O4)c(C)c(O)c3c(O)c2C(=O)[C@H]1O[C@H]1C[C@@H](O[C@H]2C[C@@H](O[C@H]3C[C@](C)(O)[C@H](O)C(C)O3)[C@@H](O)C(C)O2)[C@H](O)C(C)O1. The number of rotatable bonds is 19. The highest BCUT2D eigenvalue weighted by atomic mass is 16.7. The molecule has 5 saturated heterocycles. The van der Waals surface area contributed by atoms with Crippen LogP contribution >= 0.6 is 0 Å². The molecular formula is C57H82O26. The number of hydrogen-bond donors (Lipinski definition) is 10. The van der Waals surface area contributed by atoms with Crippen molar-refractivity contribution in [2.24, 2.45) is 5.92 Å². The van der Waals surface area contributed by atoms with Gasteiger partial charge in [-0.25, -0.2) is 0 Å². The minimum Gasteiger partial charge on any atom is -0.507 e. The number of ether oxygens (including phenoxy) is 12. The van der Waals surface area contributed by atoms with Gasteiger partial charge in [-0.15, -0.1) is 0 Å². The lowest BCUT2D eigenvalue weighted by molar-refractivity contribution is -0.334. The predicted molar refractivity (Wildman–Crippen MR) is 282 cm³/mol. The van der Waals surface area contributed by atoms with Crippen LogP contribution < -0.4 is 4.74 Å². The van der Waals surface area contributed by atoms with Crippen LogP contribution in [0.25, 0.3) is 10.8 Å². The molecule has 25 atom stereocenters. The summed E-state index contributed by atoms with van der Waals surface area (Å²) >= 11 is 0. The van der Waals surface area contributed by atoms with E-state index in [1.165, 1.54) is 46.8 Å². The number of phenols is 2. The molecule has 1 aliphatic carbocycles. The van der Waals surface area contributed by atoms with Gasteiger partial charge >= 0.3 is 5.97 Å². The molecule has 0 saturated carbocycles. The number of ketones is 3. The van der Waals surface area contributed by atoms with E-state index in [1.807, 2.05) is 0 Å². The second-order valence-corrected chi connectivity index (χ2v) is 23.4. The van der Waals surface area contributed by atoms with Gasteiger partial charge in [0, 0.05) is 57.1 Å². The van der Waals surface area contributed by atoms with E-state index < -0.39 is 182 Å². The highest BCUT2D eigenvalue weighted by Crippen LogP contribution is 2.48. The highest BCUT2D eigenvalue weighted by molar-refractivity contribution is 6.11. The number of Topliss-reactive ketones (excluding diaryl/α,β-unsaturated/α-hetero) is 3. The Morgan fingerprint density at radius 3 is 1.75 bits per heavy atom. The summed E-state index contributed by atoms with van der Waals surface area (Å²) in [6.45, 7) is 13.4. The van der Waals surface area contributed by atoms with Crippen LogP contribution in [0.15, 0.2) is 12.1 Å². The summed E-state index contributed by atoms with van der Waals surface area (Å²) in [5, 5.41) is 111. The number of hydrogen-bond acceptors (Lipinski definition) is 26. The molecule has 83 heavy (non-hydrogen) atoms. The minimum absolute atomic E-state index is 0.0605. The Morgan fingerprint density at radius 2 is 1.20 bits per heavy atom. The van der Waals surface area contributed by atoms with Crippen LogP contribution in [0, 0.1) is 12.8 Å². The van der Waals surface area contributed by atoms with Crippen molar-refractivity contribution in [3.8, 4) is 17.2 Å². The van der Waals surface area contributed by atoms with Crippen LogP contribution in [0.2, 0.25) is 0 Å². The van der Waals surface area contributed by atoms with Crippen molar-refractivity contribution in [3.63, 3.8) is 0 Å². The minimum atomic E-state index is -2.03. The Hall–Kier alpha value is -4.14. The molecule has 26 heteroatoms. The van der Waals surface area contributed by atoms with Gasteiger partial charge in [-0.3, -0.25) is 14.4 Å². The van der Waals surface area contributed by atoms with Gasteiger partial charge in [0.05, 0.1) is 77.9 Å². The second-order valence-electron chi connectivity index (χ2n) is 23.4. The number of carbonyl (C=O) groups excluding carboxylic acids is 4. The molecule has 5 unspecified atom stereocenters. The van der Waals surface area contributed by atoms with Crippen molar-refractivity contribution in [1.29, 1.82) is 0 Å². The Kier molecular flexibility index (Phi) is 20.7. The standard InChI is InChI=1S/C57H82O26/c1-21(58)11-12-37(60)73-27(7)50(66)53(69)54(72-10)31-14-29-13-30-15-33(79-39-17-34(47(63)24(4)75-39)80-38-16-32(59)46(62)23(3)74-38)22(2)45(61)43(30)51(67)44(29)52(68)55(31)83-41-19-35(48(64)26(6)77-41)81-40-18-36(49(65)25(5)76-40)82-42-20-57(9,71)56(70)28(8)78-42/h13,15,23-28,31-32,34-36,38-42,46-50,54-56,59,61-67,70-71H,11-12,14,16-20H2,1-10H3/t23?,24?,25?,26?,27-,28?,31+,32-,34-,35-,36-,38+,39+,40+,41+,42+,46-,47-,48-,49+,50+,54+,55+,56-,57+/m1/s1. The molecule has 0 radical (unpaired) electrons. The van der Waals surface area contributed by atoms with Crippen LogP contribution in [-0.4, -0.2) is 228 Å². The van der Waals surface area contributed by atoms with E-state index in [0.717, 1.165) is 7.11 Å². The number of benzene rings is 2. The van der Waals surface area contributed by atoms with Crippen molar-refractivity contribution < 1.29 is 127 Å². The summed E-state index contributed by atoms with van der Waals surface area (Å²) in [6, 6.07) is 2.99. The maximum absolute atomic E-state index is 15.2. The van der Waals surface area contributed by atoms with Crippen molar-refractivity contribution in [3.05, 3.63) is 28.8 Å². The monoisotopic (exact) mass is 1180 g/mol. The van der Waals surface area contributed by atoms with E-state index >= 15 is 4.79 Å². The Bertz CT molecular complexity index is 2620. The average molecular weight is 1180 g/mol. The molecule has 2 aromatic rings. The van der Waals surface area contributed by atoms with Crippen LogP contribution in [0.4, 0.5) is 0 Å². The molecule has 0 bridgehead atoms. The molecule has 0 amide bonds. The molecule has 10 N–H and O–H groups in total. The van der Waals surface area contributed by atoms with Crippen molar-refractivity contribution in [2.45, 2.75) is 261 Å². The van der Waals surface area contributed by atoms with Crippen molar-refractivity contribution in [1.82, 2.24) is 0 Å². The average Bonchev–Trinajstić information content (AvgIpc) is 2.72. The first-order chi connectivity index (χ1) is 39.0. The summed E-state index contributed by atoms with van der Waals surface area (Å²) in [5.41, 5.74) is -1.60. The third-order valence-corrected chi connectivity index (χ3v) is 16.9. The Balaban J connectivity index is 1.07. The van der Waals surface area contributed by atoms with E-state index in [1.54, 1.807) is 27.7 Å². The third kappa shape index (κ3) is 14.2. The highest BCUT2D eigenvalue weighted by Gasteiger charge is 2.52. The first-order valence-electron chi connectivity index (χ1n) is 28.3. The number of aromatic hydroxyl groups is 2. The second kappa shape index (κ2) is 26.5. The van der Waals surface area contributed by atoms with E-state index in [0.29, 0.717) is 0 Å². The van der Waals surface area contributed by atoms with Gasteiger partial charge < -0.3 is 113 Å². The van der Waals surface area contributed by atoms with Gasteiger partial charge in [0.1, 0.15) is 71.9 Å². The third-order valence-electron chi connectivity index (χ3n) is 16.9. The zero-order valence-corrected chi connectivity index (χ0v) is 48.2. The van der Waals surface area contributed by atoms with E-state index in [2.05, 4.69) is 0 Å². The summed E-state index contributed by atoms with van der Waals surface area (Å²) in [6.07, 6.45) is -28.4. The van der Waals surface area contributed by atoms with Crippen LogP contribution in [-0.2, 0) is 72.9 Å². The summed E-state index contributed by atoms with van der Waals surface area (Å²) in [5.74, 6) is -5.49. The summed E-state index contributed by atoms with van der Waals surface area (Å²) in [4.78, 5) is 53.9. The first-order valence-corrected chi connectivity index (χ1v) is 28.3. The molecular weight excluding hydrogens is 1100 g/mol. The molecule has 466 valence electrons. The lowest BCUT2D eigenvalue weighted by atomic mass is 9.75. The molecule has 0 spiro atoms. The molecule has 6 aliphatic rings. The van der Waals surface area contributed by atoms with Crippen LogP contribution in [0.3, 0.4) is 0 Å². The molecule has 8 rings (SSSR count). The van der Waals surface area contributed by atoms with Gasteiger partial charge in [-0.1, -0.05) is 0 Å². The number of methoxy groups -OCH3 is 1. The molecule has 5 heterocycles. The number of carbonyl (C=O) groups is 4. The lowest BCUT2D eigenvalue weighted by Gasteiger charge is -2.46. The topological polar surface area (TPSA) is 381 Å². The maximum atomic E-state index is 15.2. The summed E-state index contributed by atoms with van der Waals surface area (Å²) in [7, 11) is 1.16. The van der Waals surface area contributed by atoms with E-state index in [9.17, 15) is 65.4 Å². The van der Waals surface area contributed by atoms with Gasteiger partial charge in [0.25, 0.3) is 0 Å². The number of aliphatic hydroxyl groups is 8. The van der Waals surface area contributed by atoms with Crippen molar-refractivity contribution >= 4 is 34.1 Å². The van der Waals surface area contributed by atoms with Gasteiger partial charge in [-0.05, 0) is 91.8 Å². The number of phenolic OH excluding ortho intramolecular Hbond substituents is 2. The van der Waals surface area contributed by atoms with E-state index in [4.69, 9.17) is 56.8 Å². The molecule has 5 fully saturated rings. The van der Waals surface area contributed by atoms with Crippen LogP contribution in [0.5, 0.6) is 17.2 Å². The number of fused-ring (bicyclic) bond motifs is 2. The van der Waals surface area contributed by atoms with Gasteiger partial charge in [0.2, 0.25) is 6.29 Å². The number of aliphatic hydroxyl groups excluding tert-OH is 7. The van der Waals surface area contributed by atoms with Gasteiger partial charge in [0.15, 0.2) is 42.8 Å². The largest absolute Gasteiger partial charge is 0.507 e. The first kappa shape index (κ1) is 64.8. The quantitative estimate of drug-likeness (QED) is 0.0864. The fourth-order valence-corrected chi connectivity index (χ4v) is 11.9. The number of esters is 1. The molecule has 2 aromatic carbocycles. The molecule has 0 aromatic heterocycles. The zero-order chi connectivity index (χ0) is 60.8. The Labute approximate surface area is 479 Å². The lowest BCUT2D eigenvalue weighted by Crippen LogP contribution is -2.58. The van der Waals surface area contributed by atoms with Crippen molar-refractivity contribution in [2.75, 3.05) is 7.11 Å². The molecule has 5 aliphatic heterocycles. The smallest absolute Gasteiger partial charge is 0.306 e. The predicted octanol–water partition coefficient (Wildman–Crippen LogP) is 0.671. The zero-order valence-electron chi connectivity index (χ0n) is 48.2. The normalized spacial score (nSPS) is 39.8.